The van der Waals surface area contributed by atoms with Crippen LogP contribution in [-0.2, 0) is 33.4 Å². The zero-order valence-electron chi connectivity index (χ0n) is 27.5. The molecule has 3 amide bonds. The Morgan fingerprint density at radius 3 is 2.40 bits per heavy atom. The lowest BCUT2D eigenvalue weighted by molar-refractivity contribution is -0.301. The predicted molar refractivity (Wildman–Crippen MR) is 171 cm³/mol. The molecule has 3 aliphatic heterocycles. The van der Waals surface area contributed by atoms with E-state index in [9.17, 15) is 23.6 Å². The van der Waals surface area contributed by atoms with E-state index in [1.54, 1.807) is 32.9 Å². The summed E-state index contributed by atoms with van der Waals surface area (Å²) in [7, 11) is 0. The number of carbonyl (C=O) groups excluding carboxylic acids is 4. The first-order valence-electron chi connectivity index (χ1n) is 16.2. The number of rotatable bonds is 3. The number of ether oxygens (including phenoxy) is 3. The number of carbonyl (C=O) groups is 4. The normalized spacial score (nSPS) is 31.9. The zero-order chi connectivity index (χ0) is 33.9. The summed E-state index contributed by atoms with van der Waals surface area (Å²) in [5, 5.41) is 7.90. The third-order valence-corrected chi connectivity index (χ3v) is 9.07. The Hall–Kier alpha value is -3.94. The fourth-order valence-electron chi connectivity index (χ4n) is 5.85. The highest BCUT2D eigenvalue weighted by molar-refractivity contribution is 5.92. The van der Waals surface area contributed by atoms with Crippen LogP contribution in [0.5, 0.6) is 0 Å². The van der Waals surface area contributed by atoms with Crippen molar-refractivity contribution in [2.24, 2.45) is 11.3 Å². The van der Waals surface area contributed by atoms with Gasteiger partial charge in [0, 0.05) is 18.4 Å². The number of nitrogens with one attached hydrogen (secondary N) is 3. The molecule has 1 aromatic carbocycles. The van der Waals surface area contributed by atoms with Gasteiger partial charge in [-0.2, -0.15) is 0 Å². The molecule has 2 aromatic rings. The highest BCUT2D eigenvalue weighted by Crippen LogP contribution is 2.36. The predicted octanol–water partition coefficient (Wildman–Crippen LogP) is 3.12. The van der Waals surface area contributed by atoms with Crippen LogP contribution in [0.15, 0.2) is 36.4 Å². The van der Waals surface area contributed by atoms with Gasteiger partial charge in [0.2, 0.25) is 5.91 Å². The van der Waals surface area contributed by atoms with Gasteiger partial charge < -0.3 is 24.8 Å². The SMILES string of the molecule is CCC1(CF)OCC2(/C=C/c3ccc4ccc(nc4c3)C(C)NC(=O)[C@@H]3CCCN(N3)C(=O)[C@H](C)NC(=O)[C@H](C(C)C)OC2=O)CO1. The largest absolute Gasteiger partial charge is 0.451 e. The number of halogens is 1. The summed E-state index contributed by atoms with van der Waals surface area (Å²) in [4.78, 5) is 58.9. The average molecular weight is 654 g/mol. The molecule has 3 aliphatic rings. The van der Waals surface area contributed by atoms with Crippen LogP contribution in [-0.4, -0.2) is 84.1 Å². The van der Waals surface area contributed by atoms with Crippen molar-refractivity contribution in [3.63, 3.8) is 0 Å². The molecule has 2 saturated heterocycles. The van der Waals surface area contributed by atoms with Gasteiger partial charge in [-0.25, -0.2) is 9.82 Å². The maximum Gasteiger partial charge on any atom is 0.321 e. The number of esters is 1. The molecule has 4 heterocycles. The summed E-state index contributed by atoms with van der Waals surface area (Å²) < 4.78 is 31.5. The van der Waals surface area contributed by atoms with Crippen LogP contribution in [0.2, 0.25) is 0 Å². The minimum atomic E-state index is -1.50. The van der Waals surface area contributed by atoms with E-state index >= 15 is 0 Å². The summed E-state index contributed by atoms with van der Waals surface area (Å²) in [5.74, 6) is -4.09. The van der Waals surface area contributed by atoms with Crippen LogP contribution in [0.25, 0.3) is 17.0 Å². The molecule has 254 valence electrons. The number of hydrogen-bond acceptors (Lipinski definition) is 9. The number of amides is 3. The van der Waals surface area contributed by atoms with E-state index in [0.717, 1.165) is 5.39 Å². The first kappa shape index (κ1) is 34.4. The van der Waals surface area contributed by atoms with Gasteiger partial charge in [0.1, 0.15) is 24.2 Å². The smallest absolute Gasteiger partial charge is 0.321 e. The maximum atomic E-state index is 14.0. The summed E-state index contributed by atoms with van der Waals surface area (Å²) in [6.07, 6.45) is 3.39. The summed E-state index contributed by atoms with van der Waals surface area (Å²) >= 11 is 0. The molecule has 0 radical (unpaired) electrons. The third kappa shape index (κ3) is 7.31. The van der Waals surface area contributed by atoms with Gasteiger partial charge in [0.05, 0.1) is 30.5 Å². The highest BCUT2D eigenvalue weighted by Gasteiger charge is 2.49. The van der Waals surface area contributed by atoms with Gasteiger partial charge in [-0.05, 0) is 50.3 Å². The van der Waals surface area contributed by atoms with Gasteiger partial charge in [-0.15, -0.1) is 0 Å². The van der Waals surface area contributed by atoms with Gasteiger partial charge in [0.25, 0.3) is 11.8 Å². The van der Waals surface area contributed by atoms with Crippen molar-refractivity contribution >= 4 is 40.7 Å². The number of hydrogen-bond donors (Lipinski definition) is 3. The molecular formula is C34H44FN5O7. The fraction of sp³-hybridized carbons (Fsp3) is 0.559. The van der Waals surface area contributed by atoms with Crippen molar-refractivity contribution in [3.05, 3.63) is 47.7 Å². The van der Waals surface area contributed by atoms with Gasteiger partial charge in [-0.3, -0.25) is 29.2 Å². The highest BCUT2D eigenvalue weighted by atomic mass is 19.1. The number of nitrogens with zero attached hydrogens (tertiary/aromatic N) is 2. The quantitative estimate of drug-likeness (QED) is 0.425. The lowest BCUT2D eigenvalue weighted by Gasteiger charge is -2.42. The molecule has 5 rings (SSSR count). The van der Waals surface area contributed by atoms with Crippen LogP contribution in [0, 0.1) is 11.3 Å². The maximum absolute atomic E-state index is 14.0. The van der Waals surface area contributed by atoms with E-state index in [1.165, 1.54) is 11.9 Å². The second-order valence-corrected chi connectivity index (χ2v) is 13.0. The number of cyclic esters (lactones) is 1. The van der Waals surface area contributed by atoms with Gasteiger partial charge in [0.15, 0.2) is 11.9 Å². The molecule has 2 fully saturated rings. The van der Waals surface area contributed by atoms with Crippen LogP contribution in [0.4, 0.5) is 4.39 Å². The van der Waals surface area contributed by atoms with E-state index in [4.69, 9.17) is 19.2 Å². The van der Waals surface area contributed by atoms with Crippen LogP contribution in [0.1, 0.15) is 71.2 Å². The third-order valence-electron chi connectivity index (χ3n) is 9.07. The molecule has 0 saturated carbocycles. The standard InChI is InChI=1S/C34H44FN5O7/c1-6-34(17-35)45-18-33(19-46-34)14-13-23-9-10-24-11-12-25(38-27(24)16-23)21(4)36-29(41)26-8-7-15-40(39-26)31(43)22(5)37-30(42)28(20(2)3)47-32(33)44/h9-14,16,20-22,26,28,39H,6-8,15,17-19H2,1-5H3,(H,36,41)(H,37,42)/b14-13+/t21?,22-,26-,28-,33?,34?/m0/s1. The number of benzene rings is 1. The number of fused-ring (bicyclic) bond motifs is 4. The monoisotopic (exact) mass is 653 g/mol. The second-order valence-electron chi connectivity index (χ2n) is 13.0. The minimum absolute atomic E-state index is 0.228. The molecule has 4 atom stereocenters. The molecule has 47 heavy (non-hydrogen) atoms. The Labute approximate surface area is 273 Å². The van der Waals surface area contributed by atoms with Crippen molar-refractivity contribution in [1.29, 1.82) is 0 Å². The molecule has 1 unspecified atom stereocenters. The molecule has 12 nitrogen and oxygen atoms in total. The summed E-state index contributed by atoms with van der Waals surface area (Å²) in [6.45, 7) is 7.52. The van der Waals surface area contributed by atoms with Crippen molar-refractivity contribution in [2.75, 3.05) is 26.4 Å². The number of alkyl halides is 1. The molecule has 1 spiro atoms. The molecule has 0 aliphatic carbocycles. The second kappa shape index (κ2) is 14.0. The minimum Gasteiger partial charge on any atom is -0.451 e. The Balaban J connectivity index is 1.54. The molecule has 3 N–H and O–H groups in total. The first-order chi connectivity index (χ1) is 22.4. The average Bonchev–Trinajstić information content (AvgIpc) is 3.08. The molecule has 1 aromatic heterocycles. The van der Waals surface area contributed by atoms with Crippen molar-refractivity contribution in [3.8, 4) is 0 Å². The lowest BCUT2D eigenvalue weighted by atomic mass is 9.87. The zero-order valence-corrected chi connectivity index (χ0v) is 27.5. The van der Waals surface area contributed by atoms with Crippen LogP contribution < -0.4 is 16.1 Å². The summed E-state index contributed by atoms with van der Waals surface area (Å²) in [6, 6.07) is 7.31. The van der Waals surface area contributed by atoms with Crippen molar-refractivity contribution < 1.29 is 37.8 Å². The fourth-order valence-corrected chi connectivity index (χ4v) is 5.85. The molecule has 13 heteroatoms. The first-order valence-corrected chi connectivity index (χ1v) is 16.2. The van der Waals surface area contributed by atoms with E-state index in [0.29, 0.717) is 36.2 Å². The molecule has 5 bridgehead atoms. The Bertz CT molecular complexity index is 1530. The van der Waals surface area contributed by atoms with E-state index in [-0.39, 0.29) is 25.5 Å². The molecular weight excluding hydrogens is 609 g/mol. The number of hydrazine groups is 1. The van der Waals surface area contributed by atoms with E-state index in [1.807, 2.05) is 37.3 Å². The van der Waals surface area contributed by atoms with E-state index < -0.39 is 65.8 Å². The topological polar surface area (TPSA) is 148 Å². The Morgan fingerprint density at radius 1 is 1.02 bits per heavy atom. The van der Waals surface area contributed by atoms with E-state index in [2.05, 4.69) is 16.1 Å². The van der Waals surface area contributed by atoms with Crippen LogP contribution in [0.3, 0.4) is 0 Å². The van der Waals surface area contributed by atoms with Crippen molar-refractivity contribution in [1.82, 2.24) is 26.1 Å². The Morgan fingerprint density at radius 2 is 1.72 bits per heavy atom. The lowest BCUT2D eigenvalue weighted by Crippen LogP contribution is -2.61. The van der Waals surface area contributed by atoms with Gasteiger partial charge >= 0.3 is 5.97 Å². The number of pyridine rings is 1. The van der Waals surface area contributed by atoms with Gasteiger partial charge in [-0.1, -0.05) is 51.1 Å². The number of aromatic nitrogens is 1. The summed E-state index contributed by atoms with van der Waals surface area (Å²) in [5.41, 5.74) is 3.54. The Kier molecular flexibility index (Phi) is 10.3. The van der Waals surface area contributed by atoms with Crippen LogP contribution >= 0.6 is 0 Å². The van der Waals surface area contributed by atoms with Crippen molar-refractivity contribution in [2.45, 2.75) is 83.9 Å².